The zero-order valence-corrected chi connectivity index (χ0v) is 11.0. The fourth-order valence-corrected chi connectivity index (χ4v) is 2.25. The Labute approximate surface area is 117 Å². The van der Waals surface area contributed by atoms with Crippen LogP contribution in [0.1, 0.15) is 12.8 Å². The van der Waals surface area contributed by atoms with E-state index in [4.69, 9.17) is 0 Å². The molecule has 1 fully saturated rings. The number of amides is 1. The topological polar surface area (TPSA) is 66.9 Å². The minimum absolute atomic E-state index is 0.127. The van der Waals surface area contributed by atoms with Crippen LogP contribution in [0.5, 0.6) is 0 Å². The van der Waals surface area contributed by atoms with E-state index in [1.807, 2.05) is 42.5 Å². The molecule has 102 valence electrons. The highest BCUT2D eigenvalue weighted by Gasteiger charge is 2.20. The van der Waals surface area contributed by atoms with Gasteiger partial charge in [0.2, 0.25) is 5.91 Å². The lowest BCUT2D eigenvalue weighted by Gasteiger charge is -2.11. The van der Waals surface area contributed by atoms with Crippen LogP contribution in [0.25, 0.3) is 11.3 Å². The number of anilines is 1. The Morgan fingerprint density at radius 1 is 1.15 bits per heavy atom. The molecule has 0 bridgehead atoms. The second-order valence-corrected chi connectivity index (χ2v) is 4.85. The van der Waals surface area contributed by atoms with Gasteiger partial charge in [-0.25, -0.2) is 0 Å². The Kier molecular flexibility index (Phi) is 3.58. The zero-order chi connectivity index (χ0) is 13.8. The van der Waals surface area contributed by atoms with Crippen molar-refractivity contribution in [1.29, 1.82) is 0 Å². The lowest BCUT2D eigenvalue weighted by atomic mass is 10.1. The number of rotatable bonds is 4. The Balaban J connectivity index is 1.60. The molecule has 20 heavy (non-hydrogen) atoms. The van der Waals surface area contributed by atoms with Crippen LogP contribution in [0.2, 0.25) is 0 Å². The van der Waals surface area contributed by atoms with Gasteiger partial charge in [0.25, 0.3) is 0 Å². The molecule has 0 radical (unpaired) electrons. The molecule has 1 aromatic carbocycles. The normalized spacial score (nSPS) is 17.8. The number of nitrogens with zero attached hydrogens (tertiary/aromatic N) is 2. The average molecular weight is 268 g/mol. The van der Waals surface area contributed by atoms with Gasteiger partial charge < -0.3 is 10.6 Å². The summed E-state index contributed by atoms with van der Waals surface area (Å²) >= 11 is 0. The molecule has 1 amide bonds. The fourth-order valence-electron chi connectivity index (χ4n) is 2.25. The lowest BCUT2D eigenvalue weighted by Crippen LogP contribution is -2.32. The summed E-state index contributed by atoms with van der Waals surface area (Å²) in [4.78, 5) is 11.1. The summed E-state index contributed by atoms with van der Waals surface area (Å²) in [5.74, 6) is 0.855. The number of carbonyl (C=O) groups is 1. The molecule has 2 N–H and O–H groups in total. The van der Waals surface area contributed by atoms with E-state index in [1.165, 1.54) is 0 Å². The molecule has 2 aromatic rings. The summed E-state index contributed by atoms with van der Waals surface area (Å²) in [5, 5.41) is 14.5. The predicted molar refractivity (Wildman–Crippen MR) is 77.1 cm³/mol. The summed E-state index contributed by atoms with van der Waals surface area (Å²) in [7, 11) is 0. The van der Waals surface area contributed by atoms with Gasteiger partial charge in [-0.2, -0.15) is 0 Å². The molecule has 5 nitrogen and oxygen atoms in total. The highest BCUT2D eigenvalue weighted by Crippen LogP contribution is 2.16. The Morgan fingerprint density at radius 3 is 2.65 bits per heavy atom. The molecule has 2 heterocycles. The quantitative estimate of drug-likeness (QED) is 0.888. The molecule has 0 saturated carbocycles. The maximum absolute atomic E-state index is 11.1. The van der Waals surface area contributed by atoms with Crippen LogP contribution < -0.4 is 10.6 Å². The number of benzene rings is 1. The van der Waals surface area contributed by atoms with Crippen LogP contribution >= 0.6 is 0 Å². The van der Waals surface area contributed by atoms with Crippen molar-refractivity contribution in [3.63, 3.8) is 0 Å². The molecule has 5 heteroatoms. The van der Waals surface area contributed by atoms with Crippen molar-refractivity contribution in [1.82, 2.24) is 15.5 Å². The van der Waals surface area contributed by atoms with Crippen molar-refractivity contribution >= 4 is 11.7 Å². The summed E-state index contributed by atoms with van der Waals surface area (Å²) in [6, 6.07) is 14.0. The highest BCUT2D eigenvalue weighted by molar-refractivity contribution is 5.78. The maximum atomic E-state index is 11.1. The second kappa shape index (κ2) is 5.69. The van der Waals surface area contributed by atoms with Gasteiger partial charge in [-0.05, 0) is 18.6 Å². The molecular formula is C15H16N4O. The first kappa shape index (κ1) is 12.6. The summed E-state index contributed by atoms with van der Waals surface area (Å²) in [6.45, 7) is 0.686. The van der Waals surface area contributed by atoms with Crippen molar-refractivity contribution in [2.45, 2.75) is 18.9 Å². The predicted octanol–water partition coefficient (Wildman–Crippen LogP) is 1.83. The average Bonchev–Trinajstić information content (AvgIpc) is 2.92. The van der Waals surface area contributed by atoms with Gasteiger partial charge in [0.15, 0.2) is 0 Å². The van der Waals surface area contributed by atoms with Crippen LogP contribution in [-0.4, -0.2) is 28.7 Å². The van der Waals surface area contributed by atoms with Gasteiger partial charge in [-0.1, -0.05) is 30.3 Å². The van der Waals surface area contributed by atoms with E-state index in [9.17, 15) is 4.79 Å². The van der Waals surface area contributed by atoms with Crippen molar-refractivity contribution in [2.24, 2.45) is 0 Å². The van der Waals surface area contributed by atoms with E-state index in [2.05, 4.69) is 20.8 Å². The van der Waals surface area contributed by atoms with Crippen LogP contribution in [0.4, 0.5) is 5.82 Å². The van der Waals surface area contributed by atoms with Gasteiger partial charge in [0.05, 0.1) is 5.69 Å². The SMILES string of the molecule is O=C1CCC(CNc2ccc(-c3ccccc3)nn2)N1. The molecule has 1 unspecified atom stereocenters. The molecule has 1 aromatic heterocycles. The van der Waals surface area contributed by atoms with Crippen molar-refractivity contribution < 1.29 is 4.79 Å². The Morgan fingerprint density at radius 2 is 2.00 bits per heavy atom. The van der Waals surface area contributed by atoms with E-state index in [0.29, 0.717) is 13.0 Å². The molecule has 0 spiro atoms. The first-order valence-corrected chi connectivity index (χ1v) is 6.73. The molecule has 3 rings (SSSR count). The monoisotopic (exact) mass is 268 g/mol. The van der Waals surface area contributed by atoms with Gasteiger partial charge in [0, 0.05) is 24.6 Å². The molecule has 1 aliphatic heterocycles. The first-order chi connectivity index (χ1) is 9.81. The summed E-state index contributed by atoms with van der Waals surface area (Å²) in [6.07, 6.45) is 1.49. The number of hydrogen-bond donors (Lipinski definition) is 2. The summed E-state index contributed by atoms with van der Waals surface area (Å²) < 4.78 is 0. The van der Waals surface area contributed by atoms with Crippen molar-refractivity contribution in [3.05, 3.63) is 42.5 Å². The molecular weight excluding hydrogens is 252 g/mol. The van der Waals surface area contributed by atoms with Crippen LogP contribution in [0.3, 0.4) is 0 Å². The minimum atomic E-state index is 0.127. The van der Waals surface area contributed by atoms with Gasteiger partial charge in [-0.15, -0.1) is 10.2 Å². The molecule has 1 aliphatic rings. The highest BCUT2D eigenvalue weighted by atomic mass is 16.1. The van der Waals surface area contributed by atoms with Crippen LogP contribution in [0.15, 0.2) is 42.5 Å². The largest absolute Gasteiger partial charge is 0.367 e. The zero-order valence-electron chi connectivity index (χ0n) is 11.0. The van der Waals surface area contributed by atoms with Crippen molar-refractivity contribution in [3.8, 4) is 11.3 Å². The third-order valence-corrected chi connectivity index (χ3v) is 3.35. The Hall–Kier alpha value is -2.43. The molecule has 1 saturated heterocycles. The van der Waals surface area contributed by atoms with Crippen molar-refractivity contribution in [2.75, 3.05) is 11.9 Å². The summed E-state index contributed by atoms with van der Waals surface area (Å²) in [5.41, 5.74) is 1.90. The van der Waals surface area contributed by atoms with Crippen LogP contribution in [-0.2, 0) is 4.79 Å². The second-order valence-electron chi connectivity index (χ2n) is 4.85. The molecule has 0 aliphatic carbocycles. The van der Waals surface area contributed by atoms with E-state index in [-0.39, 0.29) is 11.9 Å². The van der Waals surface area contributed by atoms with E-state index in [1.54, 1.807) is 0 Å². The van der Waals surface area contributed by atoms with Crippen LogP contribution in [0, 0.1) is 0 Å². The number of hydrogen-bond acceptors (Lipinski definition) is 4. The number of carbonyl (C=O) groups excluding carboxylic acids is 1. The fraction of sp³-hybridized carbons (Fsp3) is 0.267. The maximum Gasteiger partial charge on any atom is 0.220 e. The standard InChI is InChI=1S/C15H16N4O/c20-15-9-6-12(17-15)10-16-14-8-7-13(18-19-14)11-4-2-1-3-5-11/h1-5,7-8,12H,6,9-10H2,(H,16,19)(H,17,20). The first-order valence-electron chi connectivity index (χ1n) is 6.73. The number of nitrogens with one attached hydrogen (secondary N) is 2. The smallest absolute Gasteiger partial charge is 0.220 e. The number of aromatic nitrogens is 2. The van der Waals surface area contributed by atoms with Gasteiger partial charge in [0.1, 0.15) is 5.82 Å². The molecule has 1 atom stereocenters. The Bertz CT molecular complexity index is 583. The van der Waals surface area contributed by atoms with Gasteiger partial charge in [-0.3, -0.25) is 4.79 Å². The van der Waals surface area contributed by atoms with E-state index < -0.39 is 0 Å². The van der Waals surface area contributed by atoms with E-state index >= 15 is 0 Å². The van der Waals surface area contributed by atoms with Gasteiger partial charge >= 0.3 is 0 Å². The lowest BCUT2D eigenvalue weighted by molar-refractivity contribution is -0.119. The minimum Gasteiger partial charge on any atom is -0.367 e. The van der Waals surface area contributed by atoms with E-state index in [0.717, 1.165) is 23.5 Å². The third-order valence-electron chi connectivity index (χ3n) is 3.35. The third kappa shape index (κ3) is 2.93.